The molecule has 0 aliphatic carbocycles. The van der Waals surface area contributed by atoms with Gasteiger partial charge in [-0.25, -0.2) is 0 Å². The molecule has 2 aromatic carbocycles. The Kier molecular flexibility index (Phi) is 5.73. The Bertz CT molecular complexity index is 1130. The Hall–Kier alpha value is -3.07. The molecule has 0 radical (unpaired) electrons. The predicted molar refractivity (Wildman–Crippen MR) is 120 cm³/mol. The van der Waals surface area contributed by atoms with Crippen LogP contribution in [0.25, 0.3) is 5.69 Å². The highest BCUT2D eigenvalue weighted by Crippen LogP contribution is 2.38. The molecule has 1 aromatic heterocycles. The van der Waals surface area contributed by atoms with E-state index in [0.29, 0.717) is 18.4 Å². The number of hydrogen-bond acceptors (Lipinski definition) is 7. The van der Waals surface area contributed by atoms with Crippen LogP contribution in [0.5, 0.6) is 11.5 Å². The smallest absolute Gasteiger partial charge is 0.233 e. The van der Waals surface area contributed by atoms with Crippen LogP contribution < -0.4 is 9.47 Å². The van der Waals surface area contributed by atoms with E-state index in [1.807, 2.05) is 55.1 Å². The van der Waals surface area contributed by atoms with Crippen molar-refractivity contribution in [2.24, 2.45) is 0 Å². The van der Waals surface area contributed by atoms with Crippen LogP contribution in [0, 0.1) is 13.8 Å². The molecule has 1 atom stereocenters. The number of para-hydroxylation sites is 1. The second kappa shape index (κ2) is 8.82. The van der Waals surface area contributed by atoms with Crippen molar-refractivity contribution in [3.8, 4) is 17.2 Å². The largest absolute Gasteiger partial charge is 0.486 e. The highest BCUT2D eigenvalue weighted by atomic mass is 32.2. The minimum absolute atomic E-state index is 0.0496. The first kappa shape index (κ1) is 20.8. The van der Waals surface area contributed by atoms with Gasteiger partial charge in [-0.2, -0.15) is 4.68 Å². The molecule has 2 aliphatic heterocycles. The van der Waals surface area contributed by atoms with E-state index in [1.54, 1.807) is 4.68 Å². The zero-order chi connectivity index (χ0) is 22.1. The number of carbonyl (C=O) groups excluding carboxylic acids is 1. The first-order valence-corrected chi connectivity index (χ1v) is 11.8. The van der Waals surface area contributed by atoms with Crippen LogP contribution in [0.3, 0.4) is 0 Å². The average Bonchev–Trinajstić information content (AvgIpc) is 3.47. The highest BCUT2D eigenvalue weighted by molar-refractivity contribution is 7.99. The van der Waals surface area contributed by atoms with E-state index in [2.05, 4.69) is 15.5 Å². The molecule has 0 saturated carbocycles. The molecule has 0 N–H and O–H groups in total. The molecule has 1 amide bonds. The summed E-state index contributed by atoms with van der Waals surface area (Å²) < 4.78 is 13.1. The summed E-state index contributed by atoms with van der Waals surface area (Å²) in [5.41, 5.74) is 4.22. The van der Waals surface area contributed by atoms with E-state index in [9.17, 15) is 4.79 Å². The van der Waals surface area contributed by atoms with Crippen molar-refractivity contribution >= 4 is 17.7 Å². The predicted octanol–water partition coefficient (Wildman–Crippen LogP) is 3.51. The fourth-order valence-corrected chi connectivity index (χ4v) is 5.20. The van der Waals surface area contributed by atoms with Gasteiger partial charge in [0.2, 0.25) is 11.1 Å². The van der Waals surface area contributed by atoms with Crippen molar-refractivity contribution in [3.63, 3.8) is 0 Å². The van der Waals surface area contributed by atoms with E-state index in [-0.39, 0.29) is 17.7 Å². The second-order valence-electron chi connectivity index (χ2n) is 8.05. The number of amides is 1. The van der Waals surface area contributed by atoms with E-state index in [1.165, 1.54) is 11.8 Å². The molecule has 0 spiro atoms. The number of hydrogen-bond donors (Lipinski definition) is 0. The number of carbonyl (C=O) groups is 1. The number of tetrazole rings is 1. The Morgan fingerprint density at radius 2 is 1.91 bits per heavy atom. The fourth-order valence-electron chi connectivity index (χ4n) is 4.44. The first-order chi connectivity index (χ1) is 15.6. The summed E-state index contributed by atoms with van der Waals surface area (Å²) in [5, 5.41) is 12.8. The van der Waals surface area contributed by atoms with Gasteiger partial charge in [0, 0.05) is 6.54 Å². The van der Waals surface area contributed by atoms with Crippen LogP contribution in [-0.2, 0) is 4.79 Å². The van der Waals surface area contributed by atoms with Crippen molar-refractivity contribution in [2.75, 3.05) is 25.5 Å². The molecular formula is C23H25N5O3S. The maximum atomic E-state index is 13.2. The van der Waals surface area contributed by atoms with Gasteiger partial charge in [0.05, 0.1) is 17.5 Å². The van der Waals surface area contributed by atoms with Crippen molar-refractivity contribution in [1.29, 1.82) is 0 Å². The van der Waals surface area contributed by atoms with Crippen molar-refractivity contribution in [3.05, 3.63) is 53.1 Å². The number of nitrogens with zero attached hydrogens (tertiary/aromatic N) is 5. The number of fused-ring (bicyclic) bond motifs is 1. The van der Waals surface area contributed by atoms with Gasteiger partial charge >= 0.3 is 0 Å². The fraction of sp³-hybridized carbons (Fsp3) is 0.391. The SMILES string of the molecule is Cc1cccc(C)c1-n1nnnc1SCC(=O)N1CCCC1c1ccc2c(c1)OCCO2. The normalized spacial score (nSPS) is 17.6. The lowest BCUT2D eigenvalue weighted by atomic mass is 10.0. The minimum Gasteiger partial charge on any atom is -0.486 e. The lowest BCUT2D eigenvalue weighted by Crippen LogP contribution is -2.32. The van der Waals surface area contributed by atoms with Crippen molar-refractivity contribution < 1.29 is 14.3 Å². The average molecular weight is 452 g/mol. The lowest BCUT2D eigenvalue weighted by molar-refractivity contribution is -0.129. The maximum Gasteiger partial charge on any atom is 0.233 e. The molecule has 1 fully saturated rings. The second-order valence-corrected chi connectivity index (χ2v) is 8.99. The topological polar surface area (TPSA) is 82.4 Å². The monoisotopic (exact) mass is 451 g/mol. The zero-order valence-corrected chi connectivity index (χ0v) is 19.0. The molecule has 1 unspecified atom stereocenters. The van der Waals surface area contributed by atoms with Crippen LogP contribution in [0.1, 0.15) is 35.6 Å². The van der Waals surface area contributed by atoms with Gasteiger partial charge in [0.1, 0.15) is 13.2 Å². The van der Waals surface area contributed by atoms with Gasteiger partial charge in [-0.3, -0.25) is 4.79 Å². The molecule has 5 rings (SSSR count). The molecule has 9 heteroatoms. The summed E-state index contributed by atoms with van der Waals surface area (Å²) in [6.45, 7) is 5.94. The molecule has 166 valence electrons. The molecule has 8 nitrogen and oxygen atoms in total. The number of thioether (sulfide) groups is 1. The summed E-state index contributed by atoms with van der Waals surface area (Å²) >= 11 is 1.37. The third-order valence-electron chi connectivity index (χ3n) is 5.94. The molecule has 0 bridgehead atoms. The van der Waals surface area contributed by atoms with Gasteiger partial charge < -0.3 is 14.4 Å². The van der Waals surface area contributed by atoms with Crippen molar-refractivity contribution in [2.45, 2.75) is 37.9 Å². The van der Waals surface area contributed by atoms with Crippen LogP contribution in [0.15, 0.2) is 41.6 Å². The summed E-state index contributed by atoms with van der Waals surface area (Å²) in [6.07, 6.45) is 1.92. The summed E-state index contributed by atoms with van der Waals surface area (Å²) in [7, 11) is 0. The third-order valence-corrected chi connectivity index (χ3v) is 6.85. The van der Waals surface area contributed by atoms with E-state index < -0.39 is 0 Å². The lowest BCUT2D eigenvalue weighted by Gasteiger charge is -2.26. The Morgan fingerprint density at radius 3 is 2.72 bits per heavy atom. The third kappa shape index (κ3) is 3.92. The summed E-state index contributed by atoms with van der Waals surface area (Å²) in [6, 6.07) is 12.1. The van der Waals surface area contributed by atoms with Crippen LogP contribution in [-0.4, -0.2) is 56.5 Å². The van der Waals surface area contributed by atoms with E-state index >= 15 is 0 Å². The van der Waals surface area contributed by atoms with E-state index in [4.69, 9.17) is 9.47 Å². The van der Waals surface area contributed by atoms with E-state index in [0.717, 1.165) is 53.3 Å². The van der Waals surface area contributed by atoms with Gasteiger partial charge in [0.25, 0.3) is 0 Å². The molecule has 3 aromatic rings. The zero-order valence-electron chi connectivity index (χ0n) is 18.2. The van der Waals surface area contributed by atoms with Gasteiger partial charge in [-0.15, -0.1) is 5.10 Å². The Morgan fingerprint density at radius 1 is 1.12 bits per heavy atom. The van der Waals surface area contributed by atoms with Crippen LogP contribution in [0.4, 0.5) is 0 Å². The number of benzene rings is 2. The number of ether oxygens (including phenoxy) is 2. The van der Waals surface area contributed by atoms with Gasteiger partial charge in [0.15, 0.2) is 11.5 Å². The number of aromatic nitrogens is 4. The standard InChI is InChI=1S/C23H25N5O3S/c1-15-5-3-6-16(2)22(15)28-23(24-25-26-28)32-14-21(29)27-10-4-7-18(27)17-8-9-19-20(13-17)31-12-11-30-19/h3,5-6,8-9,13,18H,4,7,10-12,14H2,1-2H3. The van der Waals surface area contributed by atoms with Gasteiger partial charge in [-0.1, -0.05) is 36.0 Å². The number of aryl methyl sites for hydroxylation is 2. The first-order valence-electron chi connectivity index (χ1n) is 10.8. The Balaban J connectivity index is 1.30. The summed E-state index contributed by atoms with van der Waals surface area (Å²) in [4.78, 5) is 15.1. The molecule has 1 saturated heterocycles. The molecule has 3 heterocycles. The number of likely N-dealkylation sites (tertiary alicyclic amines) is 1. The van der Waals surface area contributed by atoms with Crippen LogP contribution in [0.2, 0.25) is 0 Å². The van der Waals surface area contributed by atoms with Crippen molar-refractivity contribution in [1.82, 2.24) is 25.1 Å². The highest BCUT2D eigenvalue weighted by Gasteiger charge is 2.31. The molecule has 32 heavy (non-hydrogen) atoms. The van der Waals surface area contributed by atoms with Crippen LogP contribution >= 0.6 is 11.8 Å². The quantitative estimate of drug-likeness (QED) is 0.549. The summed E-state index contributed by atoms with van der Waals surface area (Å²) in [5.74, 6) is 1.90. The number of rotatable bonds is 5. The molecule has 2 aliphatic rings. The van der Waals surface area contributed by atoms with Gasteiger partial charge in [-0.05, 0) is 65.9 Å². The Labute approximate surface area is 190 Å². The minimum atomic E-state index is 0.0496. The maximum absolute atomic E-state index is 13.2. The molecular weight excluding hydrogens is 426 g/mol.